The van der Waals surface area contributed by atoms with Crippen LogP contribution in [-0.2, 0) is 18.3 Å². The van der Waals surface area contributed by atoms with Gasteiger partial charge in [-0.1, -0.05) is 50.6 Å². The van der Waals surface area contributed by atoms with Crippen molar-refractivity contribution in [2.75, 3.05) is 0 Å². The molecular formula is C18H25NOS. The van der Waals surface area contributed by atoms with Crippen LogP contribution >= 0.6 is 11.3 Å². The zero-order valence-corrected chi connectivity index (χ0v) is 14.2. The van der Waals surface area contributed by atoms with Gasteiger partial charge >= 0.3 is 0 Å². The second-order valence-corrected chi connectivity index (χ2v) is 7.70. The van der Waals surface area contributed by atoms with E-state index >= 15 is 0 Å². The number of hydrogen-bond acceptors (Lipinski definition) is 3. The molecule has 1 N–H and O–H groups in total. The Kier molecular flexibility index (Phi) is 5.17. The molecule has 0 aliphatic heterocycles. The van der Waals surface area contributed by atoms with Crippen molar-refractivity contribution in [3.63, 3.8) is 0 Å². The van der Waals surface area contributed by atoms with Crippen LogP contribution in [-0.4, -0.2) is 16.2 Å². The Morgan fingerprint density at radius 2 is 1.86 bits per heavy atom. The molecule has 0 saturated carbocycles. The van der Waals surface area contributed by atoms with Gasteiger partial charge in [-0.25, -0.2) is 4.98 Å². The van der Waals surface area contributed by atoms with Crippen LogP contribution in [0.2, 0.25) is 0 Å². The SMILES string of the molecule is Cc1ccc(CCC(O)Cc2nc(C(C)(C)C)cs2)cc1. The fourth-order valence-corrected chi connectivity index (χ4v) is 3.23. The fraction of sp³-hybridized carbons (Fsp3) is 0.500. The van der Waals surface area contributed by atoms with Gasteiger partial charge in [-0.2, -0.15) is 0 Å². The molecule has 3 heteroatoms. The quantitative estimate of drug-likeness (QED) is 0.894. The largest absolute Gasteiger partial charge is 0.393 e. The highest BCUT2D eigenvalue weighted by molar-refractivity contribution is 7.09. The summed E-state index contributed by atoms with van der Waals surface area (Å²) < 4.78 is 0. The molecule has 21 heavy (non-hydrogen) atoms. The van der Waals surface area contributed by atoms with Gasteiger partial charge in [0.1, 0.15) is 0 Å². The molecule has 114 valence electrons. The smallest absolute Gasteiger partial charge is 0.0954 e. The van der Waals surface area contributed by atoms with Crippen molar-refractivity contribution in [1.82, 2.24) is 4.98 Å². The van der Waals surface area contributed by atoms with E-state index in [-0.39, 0.29) is 11.5 Å². The molecule has 1 aromatic heterocycles. The van der Waals surface area contributed by atoms with Crippen LogP contribution in [0.5, 0.6) is 0 Å². The van der Waals surface area contributed by atoms with Crippen molar-refractivity contribution < 1.29 is 5.11 Å². The number of thiazole rings is 1. The molecule has 0 amide bonds. The maximum atomic E-state index is 10.2. The lowest BCUT2D eigenvalue weighted by atomic mass is 9.93. The highest BCUT2D eigenvalue weighted by Crippen LogP contribution is 2.24. The molecule has 0 radical (unpaired) electrons. The fourth-order valence-electron chi connectivity index (χ4n) is 2.14. The van der Waals surface area contributed by atoms with Crippen LogP contribution in [0.25, 0.3) is 0 Å². The first-order valence-corrected chi connectivity index (χ1v) is 8.41. The normalized spacial score (nSPS) is 13.4. The lowest BCUT2D eigenvalue weighted by Crippen LogP contribution is -2.14. The third-order valence-corrected chi connectivity index (χ3v) is 4.49. The predicted molar refractivity (Wildman–Crippen MR) is 90.0 cm³/mol. The first-order valence-electron chi connectivity index (χ1n) is 7.53. The van der Waals surface area contributed by atoms with Crippen LogP contribution in [0.4, 0.5) is 0 Å². The first kappa shape index (κ1) is 16.2. The highest BCUT2D eigenvalue weighted by atomic mass is 32.1. The summed E-state index contributed by atoms with van der Waals surface area (Å²) in [6.45, 7) is 8.59. The van der Waals surface area contributed by atoms with E-state index in [0.29, 0.717) is 6.42 Å². The van der Waals surface area contributed by atoms with Crippen LogP contribution in [0.1, 0.15) is 49.0 Å². The number of aliphatic hydroxyl groups is 1. The van der Waals surface area contributed by atoms with Gasteiger partial charge in [0.2, 0.25) is 0 Å². The van der Waals surface area contributed by atoms with E-state index < -0.39 is 0 Å². The van der Waals surface area contributed by atoms with Crippen molar-refractivity contribution in [3.05, 3.63) is 51.5 Å². The maximum Gasteiger partial charge on any atom is 0.0954 e. The van der Waals surface area contributed by atoms with Gasteiger partial charge in [0.15, 0.2) is 0 Å². The van der Waals surface area contributed by atoms with Gasteiger partial charge in [0.25, 0.3) is 0 Å². The van der Waals surface area contributed by atoms with Crippen LogP contribution in [0.3, 0.4) is 0 Å². The summed E-state index contributed by atoms with van der Waals surface area (Å²) in [6.07, 6.45) is 2.05. The van der Waals surface area contributed by atoms with Crippen molar-refractivity contribution in [2.24, 2.45) is 0 Å². The molecular weight excluding hydrogens is 278 g/mol. The number of benzene rings is 1. The maximum absolute atomic E-state index is 10.2. The molecule has 2 rings (SSSR count). The van der Waals surface area contributed by atoms with E-state index in [0.717, 1.165) is 23.5 Å². The average Bonchev–Trinajstić information content (AvgIpc) is 2.86. The monoisotopic (exact) mass is 303 g/mol. The van der Waals surface area contributed by atoms with Crippen molar-refractivity contribution in [1.29, 1.82) is 0 Å². The van der Waals surface area contributed by atoms with Crippen LogP contribution in [0.15, 0.2) is 29.6 Å². The third kappa shape index (κ3) is 4.94. The number of nitrogens with zero attached hydrogens (tertiary/aromatic N) is 1. The third-order valence-electron chi connectivity index (χ3n) is 3.62. The van der Waals surface area contributed by atoms with Crippen molar-refractivity contribution in [3.8, 4) is 0 Å². The van der Waals surface area contributed by atoms with Gasteiger partial charge in [-0.15, -0.1) is 11.3 Å². The summed E-state index contributed by atoms with van der Waals surface area (Å²) in [6, 6.07) is 8.53. The Morgan fingerprint density at radius 3 is 2.43 bits per heavy atom. The van der Waals surface area contributed by atoms with Gasteiger partial charge in [-0.05, 0) is 25.3 Å². The first-order chi connectivity index (χ1) is 9.84. The summed E-state index contributed by atoms with van der Waals surface area (Å²) in [4.78, 5) is 4.65. The van der Waals surface area contributed by atoms with E-state index in [1.807, 2.05) is 0 Å². The molecule has 0 aliphatic rings. The summed E-state index contributed by atoms with van der Waals surface area (Å²) in [5, 5.41) is 13.3. The summed E-state index contributed by atoms with van der Waals surface area (Å²) >= 11 is 1.66. The minimum atomic E-state index is -0.315. The van der Waals surface area contributed by atoms with Gasteiger partial charge in [-0.3, -0.25) is 0 Å². The highest BCUT2D eigenvalue weighted by Gasteiger charge is 2.18. The minimum absolute atomic E-state index is 0.0849. The minimum Gasteiger partial charge on any atom is -0.393 e. The summed E-state index contributed by atoms with van der Waals surface area (Å²) in [5.74, 6) is 0. The van der Waals surface area contributed by atoms with Crippen molar-refractivity contribution in [2.45, 2.75) is 58.5 Å². The van der Waals surface area contributed by atoms with Gasteiger partial charge in [0, 0.05) is 17.2 Å². The average molecular weight is 303 g/mol. The molecule has 1 heterocycles. The predicted octanol–water partition coefficient (Wildman–Crippen LogP) is 4.29. The van der Waals surface area contributed by atoms with E-state index in [4.69, 9.17) is 0 Å². The number of aryl methyl sites for hydroxylation is 2. The Bertz CT molecular complexity index is 566. The molecule has 2 nitrogen and oxygen atoms in total. The lowest BCUT2D eigenvalue weighted by Gasteiger charge is -2.14. The Labute approximate surface area is 131 Å². The van der Waals surface area contributed by atoms with Gasteiger partial charge < -0.3 is 5.11 Å². The van der Waals surface area contributed by atoms with Crippen LogP contribution < -0.4 is 0 Å². The van der Waals surface area contributed by atoms with Crippen LogP contribution in [0, 0.1) is 6.92 Å². The number of hydrogen-bond donors (Lipinski definition) is 1. The number of rotatable bonds is 5. The van der Waals surface area contributed by atoms with E-state index in [1.54, 1.807) is 11.3 Å². The van der Waals surface area contributed by atoms with Crippen molar-refractivity contribution >= 4 is 11.3 Å². The molecule has 0 bridgehead atoms. The Morgan fingerprint density at radius 1 is 1.19 bits per heavy atom. The Hall–Kier alpha value is -1.19. The van der Waals surface area contributed by atoms with E-state index in [2.05, 4.69) is 62.3 Å². The molecule has 2 aromatic rings. The zero-order chi connectivity index (χ0) is 15.5. The molecule has 0 fully saturated rings. The molecule has 0 aliphatic carbocycles. The summed E-state index contributed by atoms with van der Waals surface area (Å²) in [7, 11) is 0. The number of aromatic nitrogens is 1. The van der Waals surface area contributed by atoms with E-state index in [9.17, 15) is 5.11 Å². The number of aliphatic hydroxyl groups excluding tert-OH is 1. The zero-order valence-electron chi connectivity index (χ0n) is 13.4. The Balaban J connectivity index is 1.85. The second-order valence-electron chi connectivity index (χ2n) is 6.76. The lowest BCUT2D eigenvalue weighted by molar-refractivity contribution is 0.165. The topological polar surface area (TPSA) is 33.1 Å². The summed E-state index contributed by atoms with van der Waals surface area (Å²) in [5.41, 5.74) is 3.76. The van der Waals surface area contributed by atoms with Gasteiger partial charge in [0.05, 0.1) is 16.8 Å². The molecule has 1 atom stereocenters. The molecule has 0 saturated heterocycles. The molecule has 0 spiro atoms. The van der Waals surface area contributed by atoms with E-state index in [1.165, 1.54) is 11.1 Å². The standard InChI is InChI=1S/C18H25NOS/c1-13-5-7-14(8-6-13)9-10-15(20)11-17-19-16(12-21-17)18(2,3)4/h5-8,12,15,20H,9-11H2,1-4H3. The second kappa shape index (κ2) is 6.71. The molecule has 1 unspecified atom stereocenters. The molecule has 1 aromatic carbocycles.